The molecule has 0 saturated carbocycles. The molecule has 1 fully saturated rings. The van der Waals surface area contributed by atoms with Gasteiger partial charge in [0.05, 0.1) is 25.5 Å². The molecule has 0 aromatic heterocycles. The molecule has 0 radical (unpaired) electrons. The van der Waals surface area contributed by atoms with Gasteiger partial charge in [0, 0.05) is 25.1 Å². The first-order chi connectivity index (χ1) is 15.7. The molecule has 1 heterocycles. The molecule has 2 aromatic rings. The summed E-state index contributed by atoms with van der Waals surface area (Å²) in [4.78, 5) is 24.5. The molecule has 2 aromatic carbocycles. The Balaban J connectivity index is 1.51. The number of halogens is 1. The second kappa shape index (κ2) is 10.6. The van der Waals surface area contributed by atoms with E-state index < -0.39 is 27.7 Å². The van der Waals surface area contributed by atoms with Crippen LogP contribution in [0.25, 0.3) is 0 Å². The highest BCUT2D eigenvalue weighted by atomic mass is 32.2. The Kier molecular flexibility index (Phi) is 7.88. The lowest BCUT2D eigenvalue weighted by molar-refractivity contribution is -0.131. The quantitative estimate of drug-likeness (QED) is 0.584. The molecular weight excluding hydrogens is 453 g/mol. The van der Waals surface area contributed by atoms with Gasteiger partial charge in [0.25, 0.3) is 0 Å². The number of carbonyl (C=O) groups is 2. The molecule has 33 heavy (non-hydrogen) atoms. The minimum absolute atomic E-state index is 0.0113. The van der Waals surface area contributed by atoms with Gasteiger partial charge >= 0.3 is 0 Å². The molecule has 9 nitrogen and oxygen atoms in total. The zero-order chi connectivity index (χ0) is 24.0. The number of nitrogens with one attached hydrogen (secondary N) is 2. The van der Waals surface area contributed by atoms with E-state index in [4.69, 9.17) is 9.47 Å². The van der Waals surface area contributed by atoms with E-state index in [2.05, 4.69) is 10.9 Å². The maximum absolute atomic E-state index is 13.0. The van der Waals surface area contributed by atoms with Gasteiger partial charge in [-0.15, -0.1) is 0 Å². The molecule has 1 aliphatic rings. The molecule has 2 N–H and O–H groups in total. The predicted octanol–water partition coefficient (Wildman–Crippen LogP) is 1.63. The third-order valence-corrected chi connectivity index (χ3v) is 7.32. The number of rotatable bonds is 7. The summed E-state index contributed by atoms with van der Waals surface area (Å²) in [6.45, 7) is 0.330. The first-order valence-electron chi connectivity index (χ1n) is 10.3. The highest BCUT2D eigenvalue weighted by Crippen LogP contribution is 2.32. The molecule has 0 atom stereocenters. The second-order valence-corrected chi connectivity index (χ2v) is 9.47. The van der Waals surface area contributed by atoms with Gasteiger partial charge in [-0.3, -0.25) is 20.4 Å². The molecule has 178 valence electrons. The summed E-state index contributed by atoms with van der Waals surface area (Å²) in [6, 6.07) is 9.88. The van der Waals surface area contributed by atoms with Crippen LogP contribution in [0.5, 0.6) is 11.5 Å². The summed E-state index contributed by atoms with van der Waals surface area (Å²) in [7, 11) is -0.870. The van der Waals surface area contributed by atoms with E-state index in [0.717, 1.165) is 0 Å². The first kappa shape index (κ1) is 24.5. The largest absolute Gasteiger partial charge is 0.493 e. The number of benzene rings is 2. The fourth-order valence-electron chi connectivity index (χ4n) is 3.55. The van der Waals surface area contributed by atoms with Gasteiger partial charge in [-0.2, -0.15) is 4.31 Å². The van der Waals surface area contributed by atoms with Crippen molar-refractivity contribution < 1.29 is 31.9 Å². The van der Waals surface area contributed by atoms with Crippen molar-refractivity contribution in [2.45, 2.75) is 24.2 Å². The number of sulfonamides is 1. The van der Waals surface area contributed by atoms with E-state index in [1.165, 1.54) is 61.0 Å². The predicted molar refractivity (Wildman–Crippen MR) is 117 cm³/mol. The van der Waals surface area contributed by atoms with E-state index in [9.17, 15) is 22.4 Å². The summed E-state index contributed by atoms with van der Waals surface area (Å²) < 4.78 is 50.6. The molecule has 1 saturated heterocycles. The van der Waals surface area contributed by atoms with Crippen LogP contribution in [0.15, 0.2) is 47.4 Å². The molecule has 0 unspecified atom stereocenters. The number of piperidine rings is 1. The smallest absolute Gasteiger partial charge is 0.243 e. The number of hydrogen-bond acceptors (Lipinski definition) is 6. The third-order valence-electron chi connectivity index (χ3n) is 5.42. The summed E-state index contributed by atoms with van der Waals surface area (Å²) in [5.74, 6) is -0.925. The Morgan fingerprint density at radius 1 is 1.00 bits per heavy atom. The van der Waals surface area contributed by atoms with Crippen molar-refractivity contribution in [1.82, 2.24) is 15.2 Å². The van der Waals surface area contributed by atoms with Crippen LogP contribution >= 0.6 is 0 Å². The van der Waals surface area contributed by atoms with Crippen molar-refractivity contribution in [2.24, 2.45) is 5.92 Å². The molecule has 3 rings (SSSR count). The van der Waals surface area contributed by atoms with Crippen LogP contribution in [0.4, 0.5) is 4.39 Å². The van der Waals surface area contributed by atoms with Crippen LogP contribution in [0.3, 0.4) is 0 Å². The van der Waals surface area contributed by atoms with Crippen LogP contribution in [0, 0.1) is 11.7 Å². The number of carbonyl (C=O) groups excluding carboxylic acids is 2. The first-order valence-corrected chi connectivity index (χ1v) is 11.7. The van der Waals surface area contributed by atoms with Crippen molar-refractivity contribution in [1.29, 1.82) is 0 Å². The van der Waals surface area contributed by atoms with E-state index in [-0.39, 0.29) is 30.3 Å². The van der Waals surface area contributed by atoms with Crippen molar-refractivity contribution in [2.75, 3.05) is 27.3 Å². The maximum atomic E-state index is 13.0. The topological polar surface area (TPSA) is 114 Å². The molecule has 0 bridgehead atoms. The molecule has 11 heteroatoms. The number of hydrazine groups is 1. The highest BCUT2D eigenvalue weighted by molar-refractivity contribution is 7.89. The van der Waals surface area contributed by atoms with Crippen molar-refractivity contribution in [3.63, 3.8) is 0 Å². The Hall–Kier alpha value is -3.18. The summed E-state index contributed by atoms with van der Waals surface area (Å²) >= 11 is 0. The van der Waals surface area contributed by atoms with Gasteiger partial charge in [-0.25, -0.2) is 12.8 Å². The second-order valence-electron chi connectivity index (χ2n) is 7.54. The van der Waals surface area contributed by atoms with Crippen LogP contribution < -0.4 is 20.3 Å². The number of amides is 2. The minimum atomic E-state index is -3.76. The van der Waals surface area contributed by atoms with E-state index in [1.54, 1.807) is 0 Å². The number of methoxy groups -OCH3 is 2. The van der Waals surface area contributed by atoms with Gasteiger partial charge in [0.1, 0.15) is 5.82 Å². The Labute approximate surface area is 191 Å². The third kappa shape index (κ3) is 5.99. The molecule has 1 aliphatic heterocycles. The van der Waals surface area contributed by atoms with Crippen LogP contribution in [-0.2, 0) is 26.0 Å². The molecule has 0 spiro atoms. The van der Waals surface area contributed by atoms with E-state index in [0.29, 0.717) is 29.9 Å². The number of nitrogens with zero attached hydrogens (tertiary/aromatic N) is 1. The molecule has 2 amide bonds. The zero-order valence-electron chi connectivity index (χ0n) is 18.3. The van der Waals surface area contributed by atoms with Gasteiger partial charge in [0.2, 0.25) is 21.8 Å². The Morgan fingerprint density at radius 3 is 2.24 bits per heavy atom. The van der Waals surface area contributed by atoms with Gasteiger partial charge in [0.15, 0.2) is 11.5 Å². The average Bonchev–Trinajstić information content (AvgIpc) is 2.83. The fourth-order valence-corrected chi connectivity index (χ4v) is 5.04. The van der Waals surface area contributed by atoms with Gasteiger partial charge < -0.3 is 9.47 Å². The number of ether oxygens (including phenoxy) is 2. The van der Waals surface area contributed by atoms with Crippen molar-refractivity contribution in [3.05, 3.63) is 53.8 Å². The highest BCUT2D eigenvalue weighted by Gasteiger charge is 2.32. The van der Waals surface area contributed by atoms with Crippen LogP contribution in [0.1, 0.15) is 18.4 Å². The monoisotopic (exact) mass is 479 g/mol. The van der Waals surface area contributed by atoms with Crippen LogP contribution in [0.2, 0.25) is 0 Å². The summed E-state index contributed by atoms with van der Waals surface area (Å²) in [6.07, 6.45) is 0.612. The lowest BCUT2D eigenvalue weighted by Crippen LogP contribution is -2.48. The lowest BCUT2D eigenvalue weighted by Gasteiger charge is -2.30. The van der Waals surface area contributed by atoms with Gasteiger partial charge in [-0.1, -0.05) is 12.1 Å². The fraction of sp³-hybridized carbons (Fsp3) is 0.364. The molecular formula is C22H26FN3O6S. The lowest BCUT2D eigenvalue weighted by atomic mass is 9.98. The maximum Gasteiger partial charge on any atom is 0.243 e. The number of hydrogen-bond donors (Lipinski definition) is 2. The molecule has 0 aliphatic carbocycles. The SMILES string of the molecule is COc1ccc(S(=O)(=O)N2CCC(C(=O)NNC(=O)Cc3ccc(F)cc3)CC2)cc1OC. The normalized spacial score (nSPS) is 15.0. The standard InChI is InChI=1S/C22H26FN3O6S/c1-31-19-8-7-18(14-20(19)32-2)33(29,30)26-11-9-16(10-12-26)22(28)25-24-21(27)13-15-3-5-17(23)6-4-15/h3-8,14,16H,9-13H2,1-2H3,(H,24,27)(H,25,28). The Bertz CT molecular complexity index is 1100. The minimum Gasteiger partial charge on any atom is -0.493 e. The van der Waals surface area contributed by atoms with Gasteiger partial charge in [-0.05, 0) is 42.7 Å². The van der Waals surface area contributed by atoms with E-state index in [1.807, 2.05) is 0 Å². The van der Waals surface area contributed by atoms with E-state index >= 15 is 0 Å². The Morgan fingerprint density at radius 2 is 1.64 bits per heavy atom. The van der Waals surface area contributed by atoms with Crippen molar-refractivity contribution in [3.8, 4) is 11.5 Å². The summed E-state index contributed by atoms with van der Waals surface area (Å²) in [5.41, 5.74) is 5.34. The summed E-state index contributed by atoms with van der Waals surface area (Å²) in [5, 5.41) is 0. The average molecular weight is 480 g/mol. The zero-order valence-corrected chi connectivity index (χ0v) is 19.2. The van der Waals surface area contributed by atoms with Crippen LogP contribution in [-0.4, -0.2) is 51.8 Å². The van der Waals surface area contributed by atoms with Crippen molar-refractivity contribution >= 4 is 21.8 Å².